The Labute approximate surface area is 172 Å². The third-order valence-corrected chi connectivity index (χ3v) is 5.18. The second-order valence-corrected chi connectivity index (χ2v) is 7.60. The lowest BCUT2D eigenvalue weighted by Crippen LogP contribution is -2.10. The van der Waals surface area contributed by atoms with E-state index < -0.39 is 17.1 Å². The topological polar surface area (TPSA) is 69.2 Å². The van der Waals surface area contributed by atoms with E-state index in [2.05, 4.69) is 4.72 Å². The maximum atomic E-state index is 14.0. The van der Waals surface area contributed by atoms with E-state index in [1.165, 1.54) is 13.0 Å². The summed E-state index contributed by atoms with van der Waals surface area (Å²) in [4.78, 5) is 11.8. The van der Waals surface area contributed by atoms with Crippen molar-refractivity contribution >= 4 is 22.7 Å². The number of nitrogens with one attached hydrogen (secondary N) is 1. The SMILES string of the molecule is CC(=O)c1cc(C(Cc2ccccc2)Cc2cccc(NS(=O)[O-])c2)ccc1F. The van der Waals surface area contributed by atoms with Crippen LogP contribution >= 0.6 is 0 Å². The van der Waals surface area contributed by atoms with E-state index in [1.54, 1.807) is 30.3 Å². The minimum Gasteiger partial charge on any atom is -0.755 e. The number of anilines is 1. The van der Waals surface area contributed by atoms with Gasteiger partial charge < -0.3 is 9.27 Å². The van der Waals surface area contributed by atoms with E-state index in [1.807, 2.05) is 36.4 Å². The van der Waals surface area contributed by atoms with Gasteiger partial charge in [0.05, 0.1) is 5.56 Å². The Bertz CT molecular complexity index is 1020. The van der Waals surface area contributed by atoms with Crippen LogP contribution in [0.3, 0.4) is 0 Å². The van der Waals surface area contributed by atoms with Crippen molar-refractivity contribution in [2.45, 2.75) is 25.7 Å². The molecule has 0 fully saturated rings. The molecule has 0 aromatic heterocycles. The Balaban J connectivity index is 1.95. The molecule has 3 rings (SSSR count). The minimum absolute atomic E-state index is 0.0101. The molecule has 0 saturated carbocycles. The second kappa shape index (κ2) is 9.58. The molecular weight excluding hydrogens is 389 g/mol. The van der Waals surface area contributed by atoms with Crippen molar-refractivity contribution < 1.29 is 17.9 Å². The van der Waals surface area contributed by atoms with Crippen LogP contribution in [0.15, 0.2) is 72.8 Å². The zero-order valence-corrected chi connectivity index (χ0v) is 16.7. The highest BCUT2D eigenvalue weighted by Crippen LogP contribution is 2.28. The fourth-order valence-electron chi connectivity index (χ4n) is 3.42. The Morgan fingerprint density at radius 3 is 2.38 bits per heavy atom. The van der Waals surface area contributed by atoms with Gasteiger partial charge in [0.25, 0.3) is 0 Å². The monoisotopic (exact) mass is 410 g/mol. The van der Waals surface area contributed by atoms with Crippen LogP contribution in [-0.4, -0.2) is 14.5 Å². The van der Waals surface area contributed by atoms with Crippen molar-refractivity contribution in [1.29, 1.82) is 0 Å². The number of carbonyl (C=O) groups excluding carboxylic acids is 1. The predicted octanol–water partition coefficient (Wildman–Crippen LogP) is 4.80. The van der Waals surface area contributed by atoms with Gasteiger partial charge in [0.1, 0.15) is 5.82 Å². The Hall–Kier alpha value is -2.83. The van der Waals surface area contributed by atoms with Crippen LogP contribution in [0.1, 0.15) is 39.9 Å². The van der Waals surface area contributed by atoms with Crippen LogP contribution in [0, 0.1) is 5.82 Å². The molecule has 0 aliphatic rings. The number of benzene rings is 3. The van der Waals surface area contributed by atoms with Crippen LogP contribution in [-0.2, 0) is 24.1 Å². The molecule has 6 heteroatoms. The Morgan fingerprint density at radius 2 is 1.69 bits per heavy atom. The molecular formula is C23H21FNO3S-. The number of Topliss-reactive ketones (excluding diaryl/α,β-unsaturated/α-hetero) is 1. The summed E-state index contributed by atoms with van der Waals surface area (Å²) in [6.07, 6.45) is 1.31. The summed E-state index contributed by atoms with van der Waals surface area (Å²) in [5.74, 6) is -0.847. The molecule has 0 saturated heterocycles. The summed E-state index contributed by atoms with van der Waals surface area (Å²) in [7, 11) is 0. The first kappa shape index (κ1) is 20.9. The van der Waals surface area contributed by atoms with E-state index >= 15 is 0 Å². The molecule has 2 atom stereocenters. The minimum atomic E-state index is -2.40. The van der Waals surface area contributed by atoms with Crippen LogP contribution in [0.5, 0.6) is 0 Å². The number of carbonyl (C=O) groups is 1. The van der Waals surface area contributed by atoms with Gasteiger partial charge in [0.2, 0.25) is 0 Å². The van der Waals surface area contributed by atoms with E-state index in [0.717, 1.165) is 16.7 Å². The fraction of sp³-hybridized carbons (Fsp3) is 0.174. The summed E-state index contributed by atoms with van der Waals surface area (Å²) >= 11 is -2.40. The molecule has 2 unspecified atom stereocenters. The predicted molar refractivity (Wildman–Crippen MR) is 112 cm³/mol. The first-order valence-corrected chi connectivity index (χ1v) is 10.3. The average molecular weight is 410 g/mol. The molecule has 29 heavy (non-hydrogen) atoms. The van der Waals surface area contributed by atoms with E-state index in [0.29, 0.717) is 18.5 Å². The van der Waals surface area contributed by atoms with Crippen molar-refractivity contribution in [1.82, 2.24) is 0 Å². The van der Waals surface area contributed by atoms with Gasteiger partial charge in [-0.15, -0.1) is 0 Å². The number of rotatable bonds is 8. The third-order valence-electron chi connectivity index (χ3n) is 4.78. The first-order valence-electron chi connectivity index (χ1n) is 9.21. The van der Waals surface area contributed by atoms with Gasteiger partial charge in [-0.1, -0.05) is 48.5 Å². The fourth-order valence-corrected chi connectivity index (χ4v) is 3.74. The molecule has 3 aromatic carbocycles. The second-order valence-electron chi connectivity index (χ2n) is 6.92. The summed E-state index contributed by atoms with van der Waals surface area (Å²) in [6.45, 7) is 1.35. The van der Waals surface area contributed by atoms with Crippen LogP contribution in [0.4, 0.5) is 10.1 Å². The van der Waals surface area contributed by atoms with Gasteiger partial charge >= 0.3 is 0 Å². The zero-order chi connectivity index (χ0) is 20.8. The van der Waals surface area contributed by atoms with Crippen LogP contribution < -0.4 is 4.72 Å². The molecule has 0 aliphatic carbocycles. The molecule has 4 nitrogen and oxygen atoms in total. The molecule has 0 radical (unpaired) electrons. The maximum Gasteiger partial charge on any atom is 0.162 e. The van der Waals surface area contributed by atoms with E-state index in [-0.39, 0.29) is 17.3 Å². The average Bonchev–Trinajstić information content (AvgIpc) is 2.68. The number of hydrogen-bond acceptors (Lipinski definition) is 3. The van der Waals surface area contributed by atoms with Crippen molar-refractivity contribution in [3.05, 3.63) is 101 Å². The number of ketones is 1. The van der Waals surface area contributed by atoms with Gasteiger partial charge in [-0.2, -0.15) is 0 Å². The highest BCUT2D eigenvalue weighted by molar-refractivity contribution is 7.80. The zero-order valence-electron chi connectivity index (χ0n) is 15.9. The van der Waals surface area contributed by atoms with Gasteiger partial charge in [-0.05, 0) is 66.6 Å². The smallest absolute Gasteiger partial charge is 0.162 e. The summed E-state index contributed by atoms with van der Waals surface area (Å²) < 4.78 is 38.2. The summed E-state index contributed by atoms with van der Waals surface area (Å²) in [6, 6.07) is 21.8. The van der Waals surface area contributed by atoms with Crippen LogP contribution in [0.25, 0.3) is 0 Å². The van der Waals surface area contributed by atoms with Crippen molar-refractivity contribution in [3.63, 3.8) is 0 Å². The quantitative estimate of drug-likeness (QED) is 0.428. The van der Waals surface area contributed by atoms with Crippen molar-refractivity contribution in [2.24, 2.45) is 0 Å². The van der Waals surface area contributed by atoms with Gasteiger partial charge in [-0.3, -0.25) is 9.00 Å². The Kier molecular flexibility index (Phi) is 6.90. The lowest BCUT2D eigenvalue weighted by molar-refractivity contribution is 0.101. The number of halogens is 1. The van der Waals surface area contributed by atoms with Crippen molar-refractivity contribution in [3.8, 4) is 0 Å². The lowest BCUT2D eigenvalue weighted by Gasteiger charge is -2.20. The van der Waals surface area contributed by atoms with E-state index in [4.69, 9.17) is 0 Å². The lowest BCUT2D eigenvalue weighted by atomic mass is 9.85. The largest absolute Gasteiger partial charge is 0.755 e. The van der Waals surface area contributed by atoms with Gasteiger partial charge in [0, 0.05) is 17.0 Å². The third kappa shape index (κ3) is 5.82. The van der Waals surface area contributed by atoms with Crippen LogP contribution in [0.2, 0.25) is 0 Å². The maximum absolute atomic E-state index is 14.0. The van der Waals surface area contributed by atoms with Gasteiger partial charge in [-0.25, -0.2) is 4.39 Å². The first-order chi connectivity index (χ1) is 13.9. The van der Waals surface area contributed by atoms with Crippen molar-refractivity contribution in [2.75, 3.05) is 4.72 Å². The molecule has 0 amide bonds. The molecule has 0 bridgehead atoms. The molecule has 0 heterocycles. The highest BCUT2D eigenvalue weighted by Gasteiger charge is 2.17. The molecule has 0 spiro atoms. The molecule has 150 valence electrons. The normalized spacial score (nSPS) is 12.9. The Morgan fingerprint density at radius 1 is 1.00 bits per heavy atom. The molecule has 1 N–H and O–H groups in total. The number of hydrogen-bond donors (Lipinski definition) is 1. The molecule has 3 aromatic rings. The summed E-state index contributed by atoms with van der Waals surface area (Å²) in [5, 5.41) is 0. The summed E-state index contributed by atoms with van der Waals surface area (Å²) in [5.41, 5.74) is 3.50. The molecule has 0 aliphatic heterocycles. The van der Waals surface area contributed by atoms with E-state index in [9.17, 15) is 17.9 Å². The highest BCUT2D eigenvalue weighted by atomic mass is 32.2. The standard InChI is InChI=1S/C23H22FNO3S/c1-16(26)22-15-19(10-11-23(22)24)20(12-17-6-3-2-4-7-17)13-18-8-5-9-21(14-18)25-29(27)28/h2-11,14-15,20,25H,12-13H2,1H3,(H,27,28)/p-1. The van der Waals surface area contributed by atoms with Gasteiger partial charge in [0.15, 0.2) is 5.78 Å².